The summed E-state index contributed by atoms with van der Waals surface area (Å²) in [5.74, 6) is -0.247. The monoisotopic (exact) mass is 525 g/mol. The van der Waals surface area contributed by atoms with E-state index >= 15 is 0 Å². The van der Waals surface area contributed by atoms with Crippen molar-refractivity contribution in [1.82, 2.24) is 4.98 Å². The van der Waals surface area contributed by atoms with Crippen molar-refractivity contribution in [2.75, 3.05) is 10.0 Å². The molecule has 0 spiro atoms. The van der Waals surface area contributed by atoms with Crippen LogP contribution in [0.5, 0.6) is 11.6 Å². The summed E-state index contributed by atoms with van der Waals surface area (Å²) >= 11 is 5.59. The molecule has 0 fully saturated rings. The quantitative estimate of drug-likeness (QED) is 0.364. The van der Waals surface area contributed by atoms with Crippen LogP contribution >= 0.6 is 11.6 Å². The van der Waals surface area contributed by atoms with E-state index in [1.807, 2.05) is 0 Å². The Hall–Kier alpha value is -3.57. The van der Waals surface area contributed by atoms with Crippen LogP contribution in [-0.2, 0) is 21.0 Å². The highest BCUT2D eigenvalue weighted by molar-refractivity contribution is 7.92. The standard InChI is InChI=1S/C23H19ClF3N3O4S/c1-4-21(31)29-19-8-5-15(10-14(19)3)34-22-20(9-13(2)12-28-22)30-35(32,33)16-6-7-18(24)17(11-16)23(25,26)27/h4-12,30H,1H2,2-3H3,(H,29,31). The molecule has 0 radical (unpaired) electrons. The molecule has 0 saturated heterocycles. The predicted octanol–water partition coefficient (Wildman–Crippen LogP) is 6.09. The molecule has 7 nitrogen and oxygen atoms in total. The lowest BCUT2D eigenvalue weighted by Gasteiger charge is -2.15. The van der Waals surface area contributed by atoms with Gasteiger partial charge in [0.15, 0.2) is 0 Å². The minimum absolute atomic E-state index is 0.0878. The Bertz CT molecular complexity index is 1410. The number of alkyl halides is 3. The molecule has 2 aromatic carbocycles. The zero-order valence-electron chi connectivity index (χ0n) is 18.4. The molecule has 3 rings (SSSR count). The number of pyridine rings is 1. The smallest absolute Gasteiger partial charge is 0.417 e. The molecule has 0 aliphatic carbocycles. The molecule has 3 aromatic rings. The van der Waals surface area contributed by atoms with Gasteiger partial charge >= 0.3 is 6.18 Å². The topological polar surface area (TPSA) is 97.4 Å². The average Bonchev–Trinajstić information content (AvgIpc) is 2.76. The first-order valence-electron chi connectivity index (χ1n) is 9.88. The molecule has 0 atom stereocenters. The number of sulfonamides is 1. The normalized spacial score (nSPS) is 11.6. The van der Waals surface area contributed by atoms with Crippen molar-refractivity contribution in [3.8, 4) is 11.6 Å². The first kappa shape index (κ1) is 26.0. The Morgan fingerprint density at radius 1 is 1.11 bits per heavy atom. The SMILES string of the molecule is C=CC(=O)Nc1ccc(Oc2ncc(C)cc2NS(=O)(=O)c2ccc(Cl)c(C(F)(F)F)c2)cc1C. The Morgan fingerprint density at radius 3 is 2.46 bits per heavy atom. The van der Waals surface area contributed by atoms with Crippen molar-refractivity contribution in [2.45, 2.75) is 24.9 Å². The lowest BCUT2D eigenvalue weighted by molar-refractivity contribution is -0.137. The average molecular weight is 526 g/mol. The van der Waals surface area contributed by atoms with Crippen LogP contribution in [0.2, 0.25) is 5.02 Å². The molecule has 0 unspecified atom stereocenters. The Labute approximate surface area is 204 Å². The number of amides is 1. The minimum Gasteiger partial charge on any atom is -0.437 e. The van der Waals surface area contributed by atoms with Crippen LogP contribution in [0.1, 0.15) is 16.7 Å². The van der Waals surface area contributed by atoms with Crippen molar-refractivity contribution in [3.05, 3.63) is 83.0 Å². The Kier molecular flexibility index (Phi) is 7.41. The number of nitrogens with zero attached hydrogens (tertiary/aromatic N) is 1. The van der Waals surface area contributed by atoms with Crippen LogP contribution in [0.15, 0.2) is 66.2 Å². The fourth-order valence-corrected chi connectivity index (χ4v) is 4.24. The van der Waals surface area contributed by atoms with Gasteiger partial charge in [-0.25, -0.2) is 13.4 Å². The van der Waals surface area contributed by atoms with Crippen LogP contribution in [0.25, 0.3) is 0 Å². The van der Waals surface area contributed by atoms with E-state index in [-0.39, 0.29) is 17.3 Å². The molecule has 0 aliphatic rings. The molecule has 1 heterocycles. The number of anilines is 2. The zero-order chi connectivity index (χ0) is 26.0. The largest absolute Gasteiger partial charge is 0.437 e. The summed E-state index contributed by atoms with van der Waals surface area (Å²) in [4.78, 5) is 15.0. The second kappa shape index (κ2) is 9.96. The van der Waals surface area contributed by atoms with E-state index in [4.69, 9.17) is 16.3 Å². The number of ether oxygens (including phenoxy) is 1. The van der Waals surface area contributed by atoms with Crippen LogP contribution in [0.4, 0.5) is 24.5 Å². The number of nitrogens with one attached hydrogen (secondary N) is 2. The number of aryl methyl sites for hydroxylation is 2. The van der Waals surface area contributed by atoms with Gasteiger partial charge < -0.3 is 10.1 Å². The summed E-state index contributed by atoms with van der Waals surface area (Å²) in [5, 5.41) is 2.00. The van der Waals surface area contributed by atoms with Crippen molar-refractivity contribution in [2.24, 2.45) is 0 Å². The molecule has 0 saturated carbocycles. The molecule has 184 valence electrons. The number of halogens is 4. The molecular weight excluding hydrogens is 507 g/mol. The maximum absolute atomic E-state index is 13.2. The van der Waals surface area contributed by atoms with Gasteiger partial charge in [-0.1, -0.05) is 18.2 Å². The number of aromatic nitrogens is 1. The van der Waals surface area contributed by atoms with Gasteiger partial charge in [0, 0.05) is 11.9 Å². The predicted molar refractivity (Wildman–Crippen MR) is 126 cm³/mol. The molecular formula is C23H19ClF3N3O4S. The first-order chi connectivity index (χ1) is 16.3. The second-order valence-electron chi connectivity index (χ2n) is 7.38. The zero-order valence-corrected chi connectivity index (χ0v) is 20.0. The molecule has 12 heteroatoms. The maximum Gasteiger partial charge on any atom is 0.417 e. The van der Waals surface area contributed by atoms with Crippen molar-refractivity contribution in [1.29, 1.82) is 0 Å². The van der Waals surface area contributed by atoms with Crippen LogP contribution in [-0.4, -0.2) is 19.3 Å². The number of benzene rings is 2. The van der Waals surface area contributed by atoms with Crippen LogP contribution < -0.4 is 14.8 Å². The van der Waals surface area contributed by atoms with Gasteiger partial charge in [-0.2, -0.15) is 13.2 Å². The second-order valence-corrected chi connectivity index (χ2v) is 9.47. The molecule has 2 N–H and O–H groups in total. The fourth-order valence-electron chi connectivity index (χ4n) is 2.94. The van der Waals surface area contributed by atoms with Gasteiger partial charge in [0.2, 0.25) is 11.8 Å². The van der Waals surface area contributed by atoms with Gasteiger partial charge in [-0.15, -0.1) is 0 Å². The highest BCUT2D eigenvalue weighted by Crippen LogP contribution is 2.37. The van der Waals surface area contributed by atoms with Gasteiger partial charge in [0.05, 0.1) is 15.5 Å². The Balaban J connectivity index is 1.93. The van der Waals surface area contributed by atoms with Crippen molar-refractivity contribution >= 4 is 38.9 Å². The summed E-state index contributed by atoms with van der Waals surface area (Å²) in [5.41, 5.74) is 0.368. The third kappa shape index (κ3) is 6.31. The number of carbonyl (C=O) groups is 1. The summed E-state index contributed by atoms with van der Waals surface area (Å²) in [6.07, 6.45) is -2.28. The summed E-state index contributed by atoms with van der Waals surface area (Å²) in [6.45, 7) is 6.76. The summed E-state index contributed by atoms with van der Waals surface area (Å²) in [6, 6.07) is 8.40. The lowest BCUT2D eigenvalue weighted by atomic mass is 10.2. The van der Waals surface area contributed by atoms with E-state index in [0.29, 0.717) is 22.9 Å². The number of carbonyl (C=O) groups excluding carboxylic acids is 1. The summed E-state index contributed by atoms with van der Waals surface area (Å²) in [7, 11) is -4.46. The van der Waals surface area contributed by atoms with E-state index in [2.05, 4.69) is 21.6 Å². The highest BCUT2D eigenvalue weighted by Gasteiger charge is 2.34. The van der Waals surface area contributed by atoms with Gasteiger partial charge in [-0.05, 0) is 73.5 Å². The maximum atomic E-state index is 13.2. The lowest BCUT2D eigenvalue weighted by Crippen LogP contribution is -2.16. The van der Waals surface area contributed by atoms with Crippen molar-refractivity contribution in [3.63, 3.8) is 0 Å². The third-order valence-electron chi connectivity index (χ3n) is 4.64. The van der Waals surface area contributed by atoms with Crippen LogP contribution in [0.3, 0.4) is 0 Å². The Morgan fingerprint density at radius 2 is 1.83 bits per heavy atom. The number of rotatable bonds is 7. The molecule has 0 bridgehead atoms. The van der Waals surface area contributed by atoms with E-state index in [0.717, 1.165) is 18.2 Å². The van der Waals surface area contributed by atoms with E-state index in [1.54, 1.807) is 26.0 Å². The number of hydrogen-bond acceptors (Lipinski definition) is 5. The highest BCUT2D eigenvalue weighted by atomic mass is 35.5. The molecule has 35 heavy (non-hydrogen) atoms. The first-order valence-corrected chi connectivity index (χ1v) is 11.7. The van der Waals surface area contributed by atoms with E-state index in [1.165, 1.54) is 18.3 Å². The van der Waals surface area contributed by atoms with E-state index in [9.17, 15) is 26.4 Å². The third-order valence-corrected chi connectivity index (χ3v) is 6.33. The van der Waals surface area contributed by atoms with Gasteiger partial charge in [-0.3, -0.25) is 9.52 Å². The minimum atomic E-state index is -4.84. The molecule has 1 amide bonds. The summed E-state index contributed by atoms with van der Waals surface area (Å²) < 4.78 is 73.3. The van der Waals surface area contributed by atoms with E-state index < -0.39 is 37.6 Å². The fraction of sp³-hybridized carbons (Fsp3) is 0.130. The van der Waals surface area contributed by atoms with Crippen molar-refractivity contribution < 1.29 is 31.1 Å². The molecule has 0 aliphatic heterocycles. The molecule has 1 aromatic heterocycles. The van der Waals surface area contributed by atoms with Gasteiger partial charge in [0.25, 0.3) is 10.0 Å². The van der Waals surface area contributed by atoms with Crippen LogP contribution in [0, 0.1) is 13.8 Å². The number of hydrogen-bond donors (Lipinski definition) is 2. The van der Waals surface area contributed by atoms with Gasteiger partial charge in [0.1, 0.15) is 11.4 Å².